The van der Waals surface area contributed by atoms with Crippen molar-refractivity contribution in [1.29, 1.82) is 0 Å². The molecule has 1 unspecified atom stereocenters. The molecule has 0 spiro atoms. The summed E-state index contributed by atoms with van der Waals surface area (Å²) in [5.74, 6) is -1.05. The summed E-state index contributed by atoms with van der Waals surface area (Å²) >= 11 is 11.4. The van der Waals surface area contributed by atoms with E-state index < -0.39 is 17.0 Å². The molecule has 0 fully saturated rings. The lowest BCUT2D eigenvalue weighted by Crippen LogP contribution is -2.02. The normalized spacial score (nSPS) is 12.5. The van der Waals surface area contributed by atoms with E-state index in [2.05, 4.69) is 38.5 Å². The Hall–Kier alpha value is -0.200. The van der Waals surface area contributed by atoms with Gasteiger partial charge in [0.05, 0.1) is 9.85 Å². The van der Waals surface area contributed by atoms with Gasteiger partial charge < -0.3 is 0 Å². The number of halogens is 5. The van der Waals surface area contributed by atoms with Crippen molar-refractivity contribution in [1.82, 2.24) is 0 Å². The molecule has 0 aromatic heterocycles. The summed E-state index contributed by atoms with van der Waals surface area (Å²) < 4.78 is 28.5. The van der Waals surface area contributed by atoms with Crippen LogP contribution in [-0.2, 0) is 0 Å². The molecule has 0 aliphatic rings. The number of alkyl halides is 1. The predicted molar refractivity (Wildman–Crippen MR) is 85.7 cm³/mol. The molecule has 0 saturated carbocycles. The molecule has 19 heavy (non-hydrogen) atoms. The highest BCUT2D eigenvalue weighted by molar-refractivity contribution is 14.1. The fraction of sp³-hybridized carbons (Fsp3) is 0.143. The van der Waals surface area contributed by atoms with E-state index in [1.54, 1.807) is 0 Å². The van der Waals surface area contributed by atoms with Gasteiger partial charge in [0.15, 0.2) is 0 Å². The van der Waals surface area contributed by atoms with E-state index in [1.165, 1.54) is 0 Å². The van der Waals surface area contributed by atoms with Crippen molar-refractivity contribution >= 4 is 50.1 Å². The second-order valence-electron chi connectivity index (χ2n) is 4.13. The molecule has 5 heteroatoms. The van der Waals surface area contributed by atoms with Crippen molar-refractivity contribution in [2.45, 2.75) is 12.3 Å². The Labute approximate surface area is 137 Å². The van der Waals surface area contributed by atoms with Crippen LogP contribution in [0, 0.1) is 22.1 Å². The van der Waals surface area contributed by atoms with E-state index in [0.29, 0.717) is 0 Å². The summed E-state index contributed by atoms with van der Waals surface area (Å²) in [4.78, 5) is 0. The first-order valence-electron chi connectivity index (χ1n) is 5.45. The van der Waals surface area contributed by atoms with Gasteiger partial charge in [0.2, 0.25) is 0 Å². The van der Waals surface area contributed by atoms with Gasteiger partial charge in [-0.3, -0.25) is 0 Å². The molecular formula is C14H9BrClF2I. The van der Waals surface area contributed by atoms with Crippen molar-refractivity contribution in [2.75, 3.05) is 0 Å². The molecule has 0 N–H and O–H groups in total. The van der Waals surface area contributed by atoms with Crippen LogP contribution in [0.2, 0.25) is 0 Å². The SMILES string of the molecule is Cc1cccc(C(Cl)c2cc(F)c(Br)cc2F)c1I. The lowest BCUT2D eigenvalue weighted by atomic mass is 10.0. The molecule has 100 valence electrons. The zero-order valence-corrected chi connectivity index (χ0v) is 14.4. The fourth-order valence-electron chi connectivity index (χ4n) is 1.77. The first kappa shape index (κ1) is 15.2. The molecule has 0 radical (unpaired) electrons. The number of aryl methyl sites for hydroxylation is 1. The van der Waals surface area contributed by atoms with Crippen molar-refractivity contribution in [2.24, 2.45) is 0 Å². The van der Waals surface area contributed by atoms with Gasteiger partial charge in [-0.05, 0) is 68.7 Å². The molecule has 0 heterocycles. The summed E-state index contributed by atoms with van der Waals surface area (Å²) in [6.07, 6.45) is 0. The summed E-state index contributed by atoms with van der Waals surface area (Å²) in [6.45, 7) is 1.95. The fourth-order valence-corrected chi connectivity index (χ4v) is 3.29. The van der Waals surface area contributed by atoms with E-state index >= 15 is 0 Å². The maximum atomic E-state index is 13.9. The highest BCUT2D eigenvalue weighted by atomic mass is 127. The minimum Gasteiger partial charge on any atom is -0.207 e. The van der Waals surface area contributed by atoms with Gasteiger partial charge in [-0.2, -0.15) is 0 Å². The highest BCUT2D eigenvalue weighted by Gasteiger charge is 2.20. The Bertz CT molecular complexity index is 631. The van der Waals surface area contributed by atoms with Crippen LogP contribution in [0.4, 0.5) is 8.78 Å². The van der Waals surface area contributed by atoms with Gasteiger partial charge in [0, 0.05) is 9.13 Å². The van der Waals surface area contributed by atoms with Crippen LogP contribution in [0.1, 0.15) is 22.1 Å². The largest absolute Gasteiger partial charge is 0.207 e. The third-order valence-electron chi connectivity index (χ3n) is 2.81. The Morgan fingerprint density at radius 2 is 1.84 bits per heavy atom. The van der Waals surface area contributed by atoms with Crippen molar-refractivity contribution < 1.29 is 8.78 Å². The molecule has 0 aliphatic carbocycles. The van der Waals surface area contributed by atoms with Gasteiger partial charge in [0.25, 0.3) is 0 Å². The third-order valence-corrected chi connectivity index (χ3v) is 5.36. The quantitative estimate of drug-likeness (QED) is 0.296. The van der Waals surface area contributed by atoms with Crippen LogP contribution in [-0.4, -0.2) is 0 Å². The monoisotopic (exact) mass is 456 g/mol. The number of benzene rings is 2. The number of rotatable bonds is 2. The van der Waals surface area contributed by atoms with E-state index in [-0.39, 0.29) is 10.0 Å². The molecule has 0 aliphatic heterocycles. The summed E-state index contributed by atoms with van der Waals surface area (Å²) in [5.41, 5.74) is 1.98. The average Bonchev–Trinajstić information content (AvgIpc) is 2.36. The minimum atomic E-state index is -0.714. The summed E-state index contributed by atoms with van der Waals surface area (Å²) in [7, 11) is 0. The van der Waals surface area contributed by atoms with Gasteiger partial charge in [-0.15, -0.1) is 11.6 Å². The number of hydrogen-bond acceptors (Lipinski definition) is 0. The van der Waals surface area contributed by atoms with Crippen molar-refractivity contribution in [3.63, 3.8) is 0 Å². The van der Waals surface area contributed by atoms with E-state index in [0.717, 1.165) is 26.8 Å². The molecule has 0 bridgehead atoms. The average molecular weight is 457 g/mol. The summed E-state index contributed by atoms with van der Waals surface area (Å²) in [5, 5.41) is -0.714. The second-order valence-corrected chi connectivity index (χ2v) is 6.50. The lowest BCUT2D eigenvalue weighted by molar-refractivity contribution is 0.582. The van der Waals surface area contributed by atoms with Crippen molar-refractivity contribution in [3.05, 3.63) is 66.7 Å². The topological polar surface area (TPSA) is 0 Å². The van der Waals surface area contributed by atoms with Crippen LogP contribution in [0.5, 0.6) is 0 Å². The Balaban J connectivity index is 2.53. The Kier molecular flexibility index (Phi) is 4.84. The molecule has 0 amide bonds. The van der Waals surface area contributed by atoms with E-state index in [4.69, 9.17) is 11.6 Å². The smallest absolute Gasteiger partial charge is 0.137 e. The molecule has 2 aromatic carbocycles. The Morgan fingerprint density at radius 1 is 1.16 bits per heavy atom. The first-order valence-corrected chi connectivity index (χ1v) is 7.76. The molecule has 1 atom stereocenters. The minimum absolute atomic E-state index is 0.0940. The molecule has 0 saturated heterocycles. The lowest BCUT2D eigenvalue weighted by Gasteiger charge is -2.15. The van der Waals surface area contributed by atoms with E-state index in [1.807, 2.05) is 25.1 Å². The standard InChI is InChI=1S/C14H9BrClF2I/c1-7-3-2-4-8(14(7)19)13(16)9-5-12(18)10(15)6-11(9)17/h2-6,13H,1H3. The summed E-state index contributed by atoms with van der Waals surface area (Å²) in [6, 6.07) is 7.87. The third kappa shape index (κ3) is 3.11. The van der Waals surface area contributed by atoms with E-state index in [9.17, 15) is 8.78 Å². The van der Waals surface area contributed by atoms with Gasteiger partial charge in [0.1, 0.15) is 11.6 Å². The molecule has 2 aromatic rings. The maximum absolute atomic E-state index is 13.9. The second kappa shape index (κ2) is 6.06. The zero-order chi connectivity index (χ0) is 14.2. The van der Waals surface area contributed by atoms with Crippen molar-refractivity contribution in [3.8, 4) is 0 Å². The van der Waals surface area contributed by atoms with Crippen LogP contribution in [0.15, 0.2) is 34.8 Å². The van der Waals surface area contributed by atoms with Gasteiger partial charge in [-0.1, -0.05) is 18.2 Å². The number of hydrogen-bond donors (Lipinski definition) is 0. The van der Waals surface area contributed by atoms with Crippen LogP contribution >= 0.6 is 50.1 Å². The molecule has 0 nitrogen and oxygen atoms in total. The molecule has 2 rings (SSSR count). The Morgan fingerprint density at radius 3 is 2.53 bits per heavy atom. The maximum Gasteiger partial charge on any atom is 0.137 e. The van der Waals surface area contributed by atoms with Gasteiger partial charge in [-0.25, -0.2) is 8.78 Å². The van der Waals surface area contributed by atoms with Crippen LogP contribution in [0.25, 0.3) is 0 Å². The zero-order valence-electron chi connectivity index (χ0n) is 9.85. The molecular weight excluding hydrogens is 448 g/mol. The van der Waals surface area contributed by atoms with Crippen LogP contribution < -0.4 is 0 Å². The highest BCUT2D eigenvalue weighted by Crippen LogP contribution is 2.36. The van der Waals surface area contributed by atoms with Crippen LogP contribution in [0.3, 0.4) is 0 Å². The predicted octanol–water partition coefficient (Wildman–Crippen LogP) is 5.97. The first-order chi connectivity index (χ1) is 8.91. The van der Waals surface area contributed by atoms with Gasteiger partial charge >= 0.3 is 0 Å².